The predicted octanol–water partition coefficient (Wildman–Crippen LogP) is 4.46. The van der Waals surface area contributed by atoms with Crippen molar-refractivity contribution in [1.29, 1.82) is 0 Å². The summed E-state index contributed by atoms with van der Waals surface area (Å²) in [5, 5.41) is 14.8. The minimum absolute atomic E-state index is 0.925. The third-order valence-electron chi connectivity index (χ3n) is 3.86. The Morgan fingerprint density at radius 3 is 2.34 bits per heavy atom. The molecule has 8 heteroatoms. The molecule has 0 fully saturated rings. The zero-order chi connectivity index (χ0) is 21.4. The first-order valence-electron chi connectivity index (χ1n) is 8.72. The fourth-order valence-electron chi connectivity index (χ4n) is 2.41. The van der Waals surface area contributed by atoms with Gasteiger partial charge in [0.2, 0.25) is 0 Å². The highest BCUT2D eigenvalue weighted by Gasteiger charge is 2.17. The molecular formula is C21H23NO5S2. The molecule has 1 aliphatic rings. The van der Waals surface area contributed by atoms with Crippen molar-refractivity contribution in [3.8, 4) is 11.5 Å². The Morgan fingerprint density at radius 1 is 1.03 bits per heavy atom. The van der Waals surface area contributed by atoms with E-state index in [2.05, 4.69) is 61.7 Å². The van der Waals surface area contributed by atoms with Crippen molar-refractivity contribution in [1.82, 2.24) is 4.90 Å². The summed E-state index contributed by atoms with van der Waals surface area (Å²) in [5.74, 6) is -0.723. The summed E-state index contributed by atoms with van der Waals surface area (Å²) in [5.41, 5.74) is 2.33. The van der Waals surface area contributed by atoms with E-state index in [1.807, 2.05) is 23.9 Å². The van der Waals surface area contributed by atoms with Crippen LogP contribution in [0.25, 0.3) is 11.0 Å². The van der Waals surface area contributed by atoms with Gasteiger partial charge in [0.1, 0.15) is 11.5 Å². The number of nitrogens with zero attached hydrogens (tertiary/aromatic N) is 1. The molecular weight excluding hydrogens is 410 g/mol. The van der Waals surface area contributed by atoms with Crippen LogP contribution in [0.1, 0.15) is 11.1 Å². The molecule has 1 aliphatic heterocycles. The lowest BCUT2D eigenvalue weighted by Gasteiger charge is -2.13. The molecule has 2 aromatic rings. The van der Waals surface area contributed by atoms with Crippen LogP contribution in [0.4, 0.5) is 0 Å². The lowest BCUT2D eigenvalue weighted by molar-refractivity contribution is -0.159. The summed E-state index contributed by atoms with van der Waals surface area (Å²) in [7, 11) is 4.22. The van der Waals surface area contributed by atoms with Gasteiger partial charge in [-0.3, -0.25) is 0 Å². The van der Waals surface area contributed by atoms with Crippen molar-refractivity contribution in [2.45, 2.75) is 4.90 Å². The van der Waals surface area contributed by atoms with E-state index in [1.165, 1.54) is 15.4 Å². The number of para-hydroxylation sites is 1. The number of benzene rings is 2. The highest BCUT2D eigenvalue weighted by atomic mass is 32.2. The second-order valence-electron chi connectivity index (χ2n) is 6.27. The van der Waals surface area contributed by atoms with Crippen LogP contribution in [0.2, 0.25) is 0 Å². The van der Waals surface area contributed by atoms with Gasteiger partial charge in [0, 0.05) is 33.2 Å². The van der Waals surface area contributed by atoms with Gasteiger partial charge in [0.15, 0.2) is 0 Å². The number of rotatable bonds is 5. The van der Waals surface area contributed by atoms with Crippen LogP contribution in [-0.2, 0) is 9.59 Å². The van der Waals surface area contributed by atoms with Crippen LogP contribution in [0.15, 0.2) is 47.4 Å². The highest BCUT2D eigenvalue weighted by molar-refractivity contribution is 8.08. The Hall–Kier alpha value is -2.42. The normalized spacial score (nSPS) is 11.8. The van der Waals surface area contributed by atoms with Gasteiger partial charge in [0.05, 0.1) is 0 Å². The minimum atomic E-state index is -1.82. The summed E-state index contributed by atoms with van der Waals surface area (Å²) < 4.78 is 6.17. The monoisotopic (exact) mass is 433 g/mol. The van der Waals surface area contributed by atoms with Gasteiger partial charge in [-0.25, -0.2) is 9.59 Å². The molecule has 29 heavy (non-hydrogen) atoms. The first-order chi connectivity index (χ1) is 13.8. The predicted molar refractivity (Wildman–Crippen MR) is 119 cm³/mol. The molecule has 0 saturated heterocycles. The maximum absolute atomic E-state index is 9.10. The Labute approximate surface area is 178 Å². The van der Waals surface area contributed by atoms with E-state index in [0.717, 1.165) is 29.4 Å². The molecule has 0 saturated carbocycles. The molecule has 0 bridgehead atoms. The zero-order valence-electron chi connectivity index (χ0n) is 16.4. The first kappa shape index (κ1) is 22.9. The quantitative estimate of drug-likeness (QED) is 0.528. The van der Waals surface area contributed by atoms with Gasteiger partial charge >= 0.3 is 11.9 Å². The van der Waals surface area contributed by atoms with Crippen molar-refractivity contribution in [3.63, 3.8) is 0 Å². The largest absolute Gasteiger partial charge is 0.473 e. The van der Waals surface area contributed by atoms with Crippen molar-refractivity contribution in [2.75, 3.05) is 32.6 Å². The average molecular weight is 434 g/mol. The minimum Gasteiger partial charge on any atom is -0.473 e. The van der Waals surface area contributed by atoms with Crippen LogP contribution in [0.5, 0.6) is 11.5 Å². The molecule has 0 aliphatic carbocycles. The highest BCUT2D eigenvalue weighted by Crippen LogP contribution is 2.43. The van der Waals surface area contributed by atoms with E-state index in [9.17, 15) is 0 Å². The zero-order valence-corrected chi connectivity index (χ0v) is 18.0. The smallest absolute Gasteiger partial charge is 0.414 e. The molecule has 154 valence electrons. The number of carboxylic acids is 2. The first-order valence-corrected chi connectivity index (χ1v) is 10.9. The maximum atomic E-state index is 9.10. The summed E-state index contributed by atoms with van der Waals surface area (Å²) in [6.07, 6.45) is 4.36. The summed E-state index contributed by atoms with van der Waals surface area (Å²) in [6.45, 7) is 1.06. The molecule has 1 heterocycles. The van der Waals surface area contributed by atoms with Crippen LogP contribution < -0.4 is 4.74 Å². The number of ether oxygens (including phenoxy) is 1. The second kappa shape index (κ2) is 10.9. The lowest BCUT2D eigenvalue weighted by Crippen LogP contribution is -2.14. The van der Waals surface area contributed by atoms with E-state index in [1.54, 1.807) is 11.8 Å². The van der Waals surface area contributed by atoms with Crippen molar-refractivity contribution >= 4 is 46.4 Å². The molecule has 2 aromatic carbocycles. The van der Waals surface area contributed by atoms with Gasteiger partial charge < -0.3 is 19.8 Å². The molecule has 2 N–H and O–H groups in total. The van der Waals surface area contributed by atoms with Crippen molar-refractivity contribution in [2.24, 2.45) is 0 Å². The number of hydrogen-bond acceptors (Lipinski definition) is 6. The fraction of sp³-hybridized carbons (Fsp3) is 0.238. The summed E-state index contributed by atoms with van der Waals surface area (Å²) >= 11 is 3.66. The topological polar surface area (TPSA) is 87.1 Å². The molecule has 0 aromatic heterocycles. The number of thioether (sulfide) groups is 2. The van der Waals surface area contributed by atoms with Gasteiger partial charge in [-0.2, -0.15) is 0 Å². The Bertz CT molecular complexity index is 900. The Balaban J connectivity index is 0.000000438. The van der Waals surface area contributed by atoms with Gasteiger partial charge in [0.25, 0.3) is 0 Å². The van der Waals surface area contributed by atoms with Crippen LogP contribution >= 0.6 is 23.5 Å². The van der Waals surface area contributed by atoms with E-state index in [0.29, 0.717) is 0 Å². The average Bonchev–Trinajstić information content (AvgIpc) is 2.84. The van der Waals surface area contributed by atoms with E-state index < -0.39 is 11.9 Å². The standard InChI is InChI=1S/C19H21NOS2.C2H2O4/c1-20(2)10-11-23-19-12-14-6-4-5-7-17(14)21-18-9-8-15(22-3)13-16(18)19;3-1(4)2(5)6/h4-9,12-13H,10-11H2,1-3H3;(H,3,4)(H,5,6). The molecule has 0 spiro atoms. The van der Waals surface area contributed by atoms with Crippen molar-refractivity contribution < 1.29 is 24.5 Å². The Kier molecular flexibility index (Phi) is 8.63. The third-order valence-corrected chi connectivity index (χ3v) is 5.62. The van der Waals surface area contributed by atoms with Gasteiger partial charge in [-0.1, -0.05) is 18.2 Å². The maximum Gasteiger partial charge on any atom is 0.414 e. The second-order valence-corrected chi connectivity index (χ2v) is 8.29. The van der Waals surface area contributed by atoms with Crippen molar-refractivity contribution in [3.05, 3.63) is 53.6 Å². The molecule has 0 atom stereocenters. The molecule has 0 amide bonds. The molecule has 0 unspecified atom stereocenters. The molecule has 0 radical (unpaired) electrons. The van der Waals surface area contributed by atoms with E-state index >= 15 is 0 Å². The van der Waals surface area contributed by atoms with Gasteiger partial charge in [-0.05, 0) is 50.7 Å². The fourth-order valence-corrected chi connectivity index (χ4v) is 4.05. The lowest BCUT2D eigenvalue weighted by atomic mass is 10.1. The van der Waals surface area contributed by atoms with Crippen LogP contribution in [0.3, 0.4) is 0 Å². The number of fused-ring (bicyclic) bond motifs is 2. The molecule has 3 rings (SSSR count). The number of hydrogen-bond donors (Lipinski definition) is 2. The number of carboxylic acid groups (broad SMARTS) is 2. The third kappa shape index (κ3) is 6.85. The summed E-state index contributed by atoms with van der Waals surface area (Å²) in [6, 6.07) is 14.7. The van der Waals surface area contributed by atoms with E-state index in [4.69, 9.17) is 24.5 Å². The van der Waals surface area contributed by atoms with Crippen LogP contribution in [-0.4, -0.2) is 59.7 Å². The number of carbonyl (C=O) groups is 2. The summed E-state index contributed by atoms with van der Waals surface area (Å²) in [4.78, 5) is 23.0. The van der Waals surface area contributed by atoms with Gasteiger partial charge in [-0.15, -0.1) is 23.5 Å². The Morgan fingerprint density at radius 2 is 1.72 bits per heavy atom. The van der Waals surface area contributed by atoms with Crippen LogP contribution in [0, 0.1) is 0 Å². The van der Waals surface area contributed by atoms with E-state index in [-0.39, 0.29) is 0 Å². The molecule has 6 nitrogen and oxygen atoms in total. The number of aliphatic carboxylic acids is 2. The SMILES string of the molecule is CSc1ccc2c(c1)C(SCCN(C)C)=Cc1ccccc1O2.O=C(O)C(=O)O.